The Morgan fingerprint density at radius 2 is 2.17 bits per heavy atom. The molecule has 0 radical (unpaired) electrons. The summed E-state index contributed by atoms with van der Waals surface area (Å²) in [6.45, 7) is 2.86. The largest absolute Gasteiger partial charge is 0.478 e. The molecule has 0 spiro atoms. The van der Waals surface area contributed by atoms with E-state index in [0.29, 0.717) is 18.3 Å². The Balaban J connectivity index is 2.47. The smallest absolute Gasteiger partial charge is 0.218 e. The zero-order valence-corrected chi connectivity index (χ0v) is 11.3. The molecule has 0 aromatic carbocycles. The van der Waals surface area contributed by atoms with E-state index in [1.165, 1.54) is 13.4 Å². The van der Waals surface area contributed by atoms with E-state index in [1.54, 1.807) is 6.07 Å². The highest BCUT2D eigenvalue weighted by Crippen LogP contribution is 2.10. The van der Waals surface area contributed by atoms with E-state index in [-0.39, 0.29) is 12.3 Å². The number of sulfonamides is 1. The van der Waals surface area contributed by atoms with E-state index in [0.717, 1.165) is 6.42 Å². The maximum Gasteiger partial charge on any atom is 0.218 e. The first-order valence-electron chi connectivity index (χ1n) is 5.67. The minimum atomic E-state index is -3.20. The Kier molecular flexibility index (Phi) is 5.79. The second kappa shape index (κ2) is 7.12. The number of hydrogen-bond donors (Lipinski definition) is 2. The molecule has 18 heavy (non-hydrogen) atoms. The van der Waals surface area contributed by atoms with Gasteiger partial charge in [-0.25, -0.2) is 23.1 Å². The second-order valence-electron chi connectivity index (χ2n) is 3.54. The molecule has 2 N–H and O–H groups in total. The lowest BCUT2D eigenvalue weighted by molar-refractivity contribution is 0.305. The summed E-state index contributed by atoms with van der Waals surface area (Å²) in [5, 5.41) is 2.90. The van der Waals surface area contributed by atoms with Crippen LogP contribution in [0.3, 0.4) is 0 Å². The predicted octanol–water partition coefficient (Wildman–Crippen LogP) is 0.226. The summed E-state index contributed by atoms with van der Waals surface area (Å²) < 4.78 is 30.0. The van der Waals surface area contributed by atoms with Crippen LogP contribution in [0, 0.1) is 0 Å². The lowest BCUT2D eigenvalue weighted by Gasteiger charge is -2.07. The van der Waals surface area contributed by atoms with Crippen molar-refractivity contribution in [3.63, 3.8) is 0 Å². The summed E-state index contributed by atoms with van der Waals surface area (Å²) in [7, 11) is -1.82. The molecule has 0 atom stereocenters. The van der Waals surface area contributed by atoms with E-state index in [2.05, 4.69) is 20.0 Å². The first kappa shape index (κ1) is 14.7. The molecule has 0 unspecified atom stereocenters. The Hall–Kier alpha value is -1.41. The average Bonchev–Trinajstić information content (AvgIpc) is 2.37. The molecule has 0 aliphatic rings. The SMILES string of the molecule is CCCOc1cc(NCCS(=O)(=O)NC)ncn1. The van der Waals surface area contributed by atoms with Crippen molar-refractivity contribution in [2.45, 2.75) is 13.3 Å². The number of nitrogens with one attached hydrogen (secondary N) is 2. The molecule has 0 aliphatic carbocycles. The first-order chi connectivity index (χ1) is 8.57. The summed E-state index contributed by atoms with van der Waals surface area (Å²) in [5.41, 5.74) is 0. The van der Waals surface area contributed by atoms with Gasteiger partial charge in [0.2, 0.25) is 15.9 Å². The zero-order chi connectivity index (χ0) is 13.4. The minimum absolute atomic E-state index is 0.0152. The Bertz CT molecular complexity index is 464. The molecular weight excluding hydrogens is 256 g/mol. The summed E-state index contributed by atoms with van der Waals surface area (Å²) in [4.78, 5) is 7.92. The van der Waals surface area contributed by atoms with E-state index in [4.69, 9.17) is 4.74 Å². The zero-order valence-electron chi connectivity index (χ0n) is 10.5. The van der Waals surface area contributed by atoms with E-state index >= 15 is 0 Å². The van der Waals surface area contributed by atoms with Gasteiger partial charge in [-0.1, -0.05) is 6.92 Å². The van der Waals surface area contributed by atoms with Crippen molar-refractivity contribution in [3.05, 3.63) is 12.4 Å². The highest BCUT2D eigenvalue weighted by atomic mass is 32.2. The standard InChI is InChI=1S/C10H18N4O3S/c1-3-5-17-10-7-9(13-8-14-10)12-4-6-18(15,16)11-2/h7-8,11H,3-6H2,1-2H3,(H,12,13,14). The number of rotatable bonds is 8. The maximum atomic E-state index is 11.2. The molecular formula is C10H18N4O3S. The fraction of sp³-hybridized carbons (Fsp3) is 0.600. The van der Waals surface area contributed by atoms with Crippen molar-refractivity contribution in [2.75, 3.05) is 31.3 Å². The van der Waals surface area contributed by atoms with Gasteiger partial charge in [0.15, 0.2) is 0 Å². The molecule has 1 heterocycles. The number of ether oxygens (including phenoxy) is 1. The highest BCUT2D eigenvalue weighted by molar-refractivity contribution is 7.89. The van der Waals surface area contributed by atoms with Crippen LogP contribution in [0.15, 0.2) is 12.4 Å². The number of aromatic nitrogens is 2. The first-order valence-corrected chi connectivity index (χ1v) is 7.32. The summed E-state index contributed by atoms with van der Waals surface area (Å²) >= 11 is 0. The molecule has 7 nitrogen and oxygen atoms in total. The van der Waals surface area contributed by atoms with E-state index in [9.17, 15) is 8.42 Å². The van der Waals surface area contributed by atoms with Crippen LogP contribution in [0.5, 0.6) is 5.88 Å². The highest BCUT2D eigenvalue weighted by Gasteiger charge is 2.06. The van der Waals surface area contributed by atoms with Gasteiger partial charge >= 0.3 is 0 Å². The van der Waals surface area contributed by atoms with Gasteiger partial charge in [-0.2, -0.15) is 0 Å². The molecule has 102 valence electrons. The van der Waals surface area contributed by atoms with Crippen LogP contribution in [0.4, 0.5) is 5.82 Å². The topological polar surface area (TPSA) is 93.2 Å². The van der Waals surface area contributed by atoms with Crippen LogP contribution >= 0.6 is 0 Å². The lowest BCUT2D eigenvalue weighted by Crippen LogP contribution is -2.26. The van der Waals surface area contributed by atoms with Crippen molar-refractivity contribution < 1.29 is 13.2 Å². The minimum Gasteiger partial charge on any atom is -0.478 e. The Morgan fingerprint density at radius 1 is 1.39 bits per heavy atom. The quantitative estimate of drug-likeness (QED) is 0.704. The molecule has 0 fully saturated rings. The third kappa shape index (κ3) is 5.28. The van der Waals surface area contributed by atoms with Crippen LogP contribution in [-0.4, -0.2) is 44.3 Å². The van der Waals surface area contributed by atoms with Crippen LogP contribution in [0.2, 0.25) is 0 Å². The maximum absolute atomic E-state index is 11.2. The molecule has 0 amide bonds. The summed E-state index contributed by atoms with van der Waals surface area (Å²) in [6, 6.07) is 1.64. The van der Waals surface area contributed by atoms with Gasteiger partial charge in [0.1, 0.15) is 12.1 Å². The monoisotopic (exact) mass is 274 g/mol. The molecule has 1 aromatic rings. The fourth-order valence-electron chi connectivity index (χ4n) is 1.14. The molecule has 8 heteroatoms. The van der Waals surface area contributed by atoms with Crippen molar-refractivity contribution in [1.82, 2.24) is 14.7 Å². The molecule has 0 saturated heterocycles. The third-order valence-corrected chi connectivity index (χ3v) is 3.45. The van der Waals surface area contributed by atoms with Crippen molar-refractivity contribution in [1.29, 1.82) is 0 Å². The molecule has 1 rings (SSSR count). The third-order valence-electron chi connectivity index (χ3n) is 2.08. The van der Waals surface area contributed by atoms with Crippen LogP contribution < -0.4 is 14.8 Å². The average molecular weight is 274 g/mol. The Labute approximate surface area is 107 Å². The van der Waals surface area contributed by atoms with Gasteiger partial charge in [-0.15, -0.1) is 0 Å². The van der Waals surface area contributed by atoms with Crippen LogP contribution in [-0.2, 0) is 10.0 Å². The molecule has 0 bridgehead atoms. The normalized spacial score (nSPS) is 11.2. The van der Waals surface area contributed by atoms with Gasteiger partial charge in [-0.05, 0) is 13.5 Å². The molecule has 1 aromatic heterocycles. The number of hydrogen-bond acceptors (Lipinski definition) is 6. The van der Waals surface area contributed by atoms with Crippen LogP contribution in [0.1, 0.15) is 13.3 Å². The Morgan fingerprint density at radius 3 is 2.83 bits per heavy atom. The van der Waals surface area contributed by atoms with Gasteiger partial charge in [-0.3, -0.25) is 0 Å². The van der Waals surface area contributed by atoms with Gasteiger partial charge in [0.25, 0.3) is 0 Å². The molecule has 0 aliphatic heterocycles. The van der Waals surface area contributed by atoms with Crippen molar-refractivity contribution >= 4 is 15.8 Å². The van der Waals surface area contributed by atoms with Gasteiger partial charge < -0.3 is 10.1 Å². The van der Waals surface area contributed by atoms with Crippen molar-refractivity contribution in [2.24, 2.45) is 0 Å². The predicted molar refractivity (Wildman–Crippen MR) is 69.2 cm³/mol. The van der Waals surface area contributed by atoms with Gasteiger partial charge in [0, 0.05) is 12.6 Å². The second-order valence-corrected chi connectivity index (χ2v) is 5.59. The van der Waals surface area contributed by atoms with Crippen LogP contribution in [0.25, 0.3) is 0 Å². The number of anilines is 1. The number of nitrogens with zero attached hydrogens (tertiary/aromatic N) is 2. The summed E-state index contributed by atoms with van der Waals surface area (Å²) in [5.74, 6) is 1.01. The summed E-state index contributed by atoms with van der Waals surface area (Å²) in [6.07, 6.45) is 2.27. The van der Waals surface area contributed by atoms with Crippen molar-refractivity contribution in [3.8, 4) is 5.88 Å². The van der Waals surface area contributed by atoms with E-state index in [1.807, 2.05) is 6.92 Å². The lowest BCUT2D eigenvalue weighted by atomic mass is 10.5. The molecule has 0 saturated carbocycles. The van der Waals surface area contributed by atoms with E-state index < -0.39 is 10.0 Å². The van der Waals surface area contributed by atoms with Gasteiger partial charge in [0.05, 0.1) is 12.4 Å². The fourth-order valence-corrected chi connectivity index (χ4v) is 1.71.